The van der Waals surface area contributed by atoms with Crippen LogP contribution >= 0.6 is 0 Å². The molecular formula is C48H27N5. The van der Waals surface area contributed by atoms with Crippen molar-refractivity contribution < 1.29 is 0 Å². The predicted molar refractivity (Wildman–Crippen MR) is 217 cm³/mol. The highest BCUT2D eigenvalue weighted by molar-refractivity contribution is 6.33. The van der Waals surface area contributed by atoms with Gasteiger partial charge in [-0.05, 0) is 82.6 Å². The smallest absolute Gasteiger partial charge is 0.0991 e. The van der Waals surface area contributed by atoms with E-state index >= 15 is 0 Å². The number of hydrogen-bond acceptors (Lipinski definition) is 4. The minimum atomic E-state index is 0.645. The number of nitriles is 1. The molecule has 244 valence electrons. The summed E-state index contributed by atoms with van der Waals surface area (Å²) in [6.45, 7) is 0. The summed E-state index contributed by atoms with van der Waals surface area (Å²) in [6.07, 6.45) is 3.69. The van der Waals surface area contributed by atoms with Gasteiger partial charge in [0, 0.05) is 61.3 Å². The lowest BCUT2D eigenvalue weighted by molar-refractivity contribution is 1.18. The SMILES string of the molecule is N#Cc1ccc2c(c1)c1cc(-c3ccc(-c4nc5ccccc5c5c6cccnc6c6ncccc6c45)c4ccccc34)ccc1n2-c1ccccc1. The average molecular weight is 674 g/mol. The fourth-order valence-corrected chi connectivity index (χ4v) is 8.41. The molecule has 0 N–H and O–H groups in total. The maximum Gasteiger partial charge on any atom is 0.0991 e. The first-order valence-corrected chi connectivity index (χ1v) is 17.7. The Labute approximate surface area is 303 Å². The van der Waals surface area contributed by atoms with Gasteiger partial charge < -0.3 is 4.57 Å². The second kappa shape index (κ2) is 11.3. The molecular weight excluding hydrogens is 647 g/mol. The zero-order valence-electron chi connectivity index (χ0n) is 28.3. The quantitative estimate of drug-likeness (QED) is 0.175. The Morgan fingerprint density at radius 1 is 0.472 bits per heavy atom. The van der Waals surface area contributed by atoms with Crippen molar-refractivity contribution in [1.82, 2.24) is 19.5 Å². The Kier molecular flexibility index (Phi) is 6.25. The van der Waals surface area contributed by atoms with E-state index in [-0.39, 0.29) is 0 Å². The molecule has 0 aliphatic heterocycles. The van der Waals surface area contributed by atoms with E-state index < -0.39 is 0 Å². The van der Waals surface area contributed by atoms with Crippen molar-refractivity contribution in [3.05, 3.63) is 170 Å². The summed E-state index contributed by atoms with van der Waals surface area (Å²) in [4.78, 5) is 15.1. The number of benzene rings is 7. The van der Waals surface area contributed by atoms with Gasteiger partial charge in [0.25, 0.3) is 0 Å². The maximum atomic E-state index is 9.83. The van der Waals surface area contributed by atoms with Crippen LogP contribution in [0, 0.1) is 11.3 Å². The van der Waals surface area contributed by atoms with Crippen molar-refractivity contribution in [2.24, 2.45) is 0 Å². The number of rotatable bonds is 3. The molecule has 0 aliphatic rings. The summed E-state index contributed by atoms with van der Waals surface area (Å²) < 4.78 is 2.28. The third-order valence-corrected chi connectivity index (χ3v) is 10.7. The second-order valence-electron chi connectivity index (χ2n) is 13.5. The van der Waals surface area contributed by atoms with E-state index in [0.29, 0.717) is 5.56 Å². The Bertz CT molecular complexity index is 3350. The van der Waals surface area contributed by atoms with Gasteiger partial charge in [-0.15, -0.1) is 0 Å². The lowest BCUT2D eigenvalue weighted by atomic mass is 9.89. The van der Waals surface area contributed by atoms with Gasteiger partial charge in [-0.1, -0.05) is 91.0 Å². The fraction of sp³-hybridized carbons (Fsp3) is 0. The summed E-state index contributed by atoms with van der Waals surface area (Å²) >= 11 is 0. The molecule has 0 saturated carbocycles. The molecule has 0 unspecified atom stereocenters. The van der Waals surface area contributed by atoms with Crippen molar-refractivity contribution in [3.63, 3.8) is 0 Å². The molecule has 11 rings (SSSR count). The molecule has 0 aliphatic carbocycles. The lowest BCUT2D eigenvalue weighted by Crippen LogP contribution is -1.95. The molecule has 4 heterocycles. The number of hydrogen-bond donors (Lipinski definition) is 0. The largest absolute Gasteiger partial charge is 0.309 e. The van der Waals surface area contributed by atoms with Gasteiger partial charge >= 0.3 is 0 Å². The molecule has 53 heavy (non-hydrogen) atoms. The zero-order valence-corrected chi connectivity index (χ0v) is 28.3. The minimum absolute atomic E-state index is 0.645. The van der Waals surface area contributed by atoms with Crippen LogP contribution in [0.5, 0.6) is 0 Å². The van der Waals surface area contributed by atoms with Crippen LogP contribution in [0.15, 0.2) is 164 Å². The first-order valence-electron chi connectivity index (χ1n) is 17.7. The highest BCUT2D eigenvalue weighted by atomic mass is 15.0. The summed E-state index contributed by atoms with van der Waals surface area (Å²) in [7, 11) is 0. The molecule has 0 spiro atoms. The van der Waals surface area contributed by atoms with E-state index in [4.69, 9.17) is 15.0 Å². The highest BCUT2D eigenvalue weighted by Gasteiger charge is 2.21. The van der Waals surface area contributed by atoms with Gasteiger partial charge in [0.1, 0.15) is 0 Å². The molecule has 0 bridgehead atoms. The first-order chi connectivity index (χ1) is 26.3. The number of pyridine rings is 3. The minimum Gasteiger partial charge on any atom is -0.309 e. The van der Waals surface area contributed by atoms with Gasteiger partial charge in [0.05, 0.1) is 44.9 Å². The normalized spacial score (nSPS) is 11.8. The van der Waals surface area contributed by atoms with Gasteiger partial charge in [-0.25, -0.2) is 4.98 Å². The highest BCUT2D eigenvalue weighted by Crippen LogP contribution is 2.45. The van der Waals surface area contributed by atoms with E-state index in [1.54, 1.807) is 0 Å². The third kappa shape index (κ3) is 4.27. The van der Waals surface area contributed by atoms with E-state index in [0.717, 1.165) is 104 Å². The number of fused-ring (bicyclic) bond motifs is 12. The monoisotopic (exact) mass is 673 g/mol. The zero-order chi connectivity index (χ0) is 35.0. The fourth-order valence-electron chi connectivity index (χ4n) is 8.41. The molecule has 0 amide bonds. The summed E-state index contributed by atoms with van der Waals surface area (Å²) in [6, 6.07) is 55.2. The van der Waals surface area contributed by atoms with E-state index in [1.807, 2.05) is 42.7 Å². The van der Waals surface area contributed by atoms with Crippen molar-refractivity contribution in [2.75, 3.05) is 0 Å². The van der Waals surface area contributed by atoms with Crippen LogP contribution in [-0.4, -0.2) is 19.5 Å². The van der Waals surface area contributed by atoms with E-state index in [2.05, 4.69) is 132 Å². The van der Waals surface area contributed by atoms with Crippen LogP contribution in [0.3, 0.4) is 0 Å². The molecule has 7 aromatic carbocycles. The Morgan fingerprint density at radius 2 is 1.08 bits per heavy atom. The summed E-state index contributed by atoms with van der Waals surface area (Å²) in [5.41, 5.74) is 10.8. The molecule has 11 aromatic rings. The summed E-state index contributed by atoms with van der Waals surface area (Å²) in [5, 5.41) is 19.7. The molecule has 5 nitrogen and oxygen atoms in total. The van der Waals surface area contributed by atoms with Crippen LogP contribution in [0.2, 0.25) is 0 Å². The predicted octanol–water partition coefficient (Wildman–Crippen LogP) is 11.9. The molecule has 0 atom stereocenters. The van der Waals surface area contributed by atoms with Gasteiger partial charge in [0.15, 0.2) is 0 Å². The van der Waals surface area contributed by atoms with Crippen LogP contribution < -0.4 is 0 Å². The standard InChI is InChI=1S/C48H27N5/c49-28-29-18-22-42-39(26-29)40-27-30(19-23-43(40)53(42)31-10-2-1-3-11-31)32-20-21-35(34-13-5-4-12-33(32)34)46-45-38-16-9-25-51-48(38)47-37(15-8-24-50-47)44(45)36-14-6-7-17-41(36)52-46/h1-27H. The molecule has 5 heteroatoms. The third-order valence-electron chi connectivity index (χ3n) is 10.7. The van der Waals surface area contributed by atoms with E-state index in [1.165, 1.54) is 0 Å². The van der Waals surface area contributed by atoms with Crippen molar-refractivity contribution in [3.8, 4) is 34.1 Å². The van der Waals surface area contributed by atoms with Crippen LogP contribution in [-0.2, 0) is 0 Å². The molecule has 4 aromatic heterocycles. The topological polar surface area (TPSA) is 67.4 Å². The Hall–Kier alpha value is -7.42. The number of nitrogens with zero attached hydrogens (tertiary/aromatic N) is 5. The average Bonchev–Trinajstić information content (AvgIpc) is 3.56. The van der Waals surface area contributed by atoms with Gasteiger partial charge in [-0.3, -0.25) is 9.97 Å². The summed E-state index contributed by atoms with van der Waals surface area (Å²) in [5.74, 6) is 0. The van der Waals surface area contributed by atoms with Crippen LogP contribution in [0.4, 0.5) is 0 Å². The van der Waals surface area contributed by atoms with Gasteiger partial charge in [0.2, 0.25) is 0 Å². The van der Waals surface area contributed by atoms with E-state index in [9.17, 15) is 5.26 Å². The van der Waals surface area contributed by atoms with Gasteiger partial charge in [-0.2, -0.15) is 5.26 Å². The molecule has 0 saturated heterocycles. The Balaban J connectivity index is 1.20. The molecule has 0 radical (unpaired) electrons. The lowest BCUT2D eigenvalue weighted by Gasteiger charge is -2.17. The number of para-hydroxylation sites is 2. The number of aromatic nitrogens is 4. The first kappa shape index (κ1) is 29.3. The van der Waals surface area contributed by atoms with Crippen LogP contribution in [0.25, 0.3) is 104 Å². The molecule has 0 fully saturated rings. The van der Waals surface area contributed by atoms with Crippen molar-refractivity contribution in [2.45, 2.75) is 0 Å². The van der Waals surface area contributed by atoms with Crippen molar-refractivity contribution >= 4 is 76.1 Å². The second-order valence-corrected chi connectivity index (χ2v) is 13.5. The Morgan fingerprint density at radius 3 is 1.83 bits per heavy atom. The van der Waals surface area contributed by atoms with Crippen LogP contribution in [0.1, 0.15) is 5.56 Å². The maximum absolute atomic E-state index is 9.83. The van der Waals surface area contributed by atoms with Crippen molar-refractivity contribution in [1.29, 1.82) is 5.26 Å².